The molecule has 0 bridgehead atoms. The van der Waals surface area contributed by atoms with Gasteiger partial charge in [-0.15, -0.1) is 0 Å². The predicted octanol–water partition coefficient (Wildman–Crippen LogP) is 5.88. The quantitative estimate of drug-likeness (QED) is 0.271. The molecule has 0 saturated carbocycles. The maximum absolute atomic E-state index is 14.7. The van der Waals surface area contributed by atoms with Crippen LogP contribution < -0.4 is 10.1 Å². The lowest BCUT2D eigenvalue weighted by Crippen LogP contribution is -2.36. The van der Waals surface area contributed by atoms with Gasteiger partial charge in [-0.05, 0) is 59.5 Å². The van der Waals surface area contributed by atoms with E-state index in [4.69, 9.17) is 4.74 Å². The van der Waals surface area contributed by atoms with Crippen LogP contribution in [0.25, 0.3) is 10.8 Å². The Hall–Kier alpha value is -3.70. The highest BCUT2D eigenvalue weighted by Gasteiger charge is 2.30. The van der Waals surface area contributed by atoms with E-state index in [0.29, 0.717) is 6.54 Å². The van der Waals surface area contributed by atoms with Crippen LogP contribution in [0, 0.1) is 5.82 Å². The monoisotopic (exact) mass is 469 g/mol. The minimum atomic E-state index is -0.672. The van der Waals surface area contributed by atoms with Crippen LogP contribution in [0.1, 0.15) is 39.4 Å². The van der Waals surface area contributed by atoms with Crippen molar-refractivity contribution in [3.05, 3.63) is 113 Å². The maximum Gasteiger partial charge on any atom is 0.340 e. The fourth-order valence-corrected chi connectivity index (χ4v) is 4.95. The van der Waals surface area contributed by atoms with Gasteiger partial charge in [0.15, 0.2) is 0 Å². The van der Waals surface area contributed by atoms with E-state index < -0.39 is 11.8 Å². The van der Waals surface area contributed by atoms with Gasteiger partial charge in [-0.2, -0.15) is 0 Å². The zero-order valence-corrected chi connectivity index (χ0v) is 19.7. The highest BCUT2D eigenvalue weighted by Crippen LogP contribution is 2.40. The molecule has 0 aliphatic carbocycles. The number of esters is 1. The third-order valence-corrected chi connectivity index (χ3v) is 6.71. The summed E-state index contributed by atoms with van der Waals surface area (Å²) in [6.45, 7) is 1.53. The van der Waals surface area contributed by atoms with Crippen molar-refractivity contribution >= 4 is 16.7 Å². The number of carbonyl (C=O) groups is 1. The molecule has 1 aliphatic rings. The number of carbonyl (C=O) groups excluding carboxylic acids is 1. The number of halogens is 1. The zero-order valence-electron chi connectivity index (χ0n) is 19.7. The molecule has 5 heteroatoms. The fourth-order valence-electron chi connectivity index (χ4n) is 4.95. The topological polar surface area (TPSA) is 47.6 Å². The Labute approximate surface area is 204 Å². The molecule has 4 nitrogen and oxygen atoms in total. The molecule has 4 aromatic carbocycles. The summed E-state index contributed by atoms with van der Waals surface area (Å²) in [5, 5.41) is 6.10. The molecule has 1 aliphatic heterocycles. The Balaban J connectivity index is 1.28. The second-order valence-electron chi connectivity index (χ2n) is 8.89. The number of hydrogen-bond acceptors (Lipinski definition) is 4. The molecule has 0 fully saturated rings. The van der Waals surface area contributed by atoms with E-state index in [0.717, 1.165) is 36.3 Å². The summed E-state index contributed by atoms with van der Waals surface area (Å²) in [5.41, 5.74) is 3.13. The van der Waals surface area contributed by atoms with Gasteiger partial charge in [0, 0.05) is 18.0 Å². The molecule has 0 amide bonds. The highest BCUT2D eigenvalue weighted by molar-refractivity contribution is 5.89. The second kappa shape index (κ2) is 10.3. The number of rotatable bonds is 7. The van der Waals surface area contributed by atoms with E-state index in [-0.39, 0.29) is 17.6 Å². The predicted molar refractivity (Wildman–Crippen MR) is 136 cm³/mol. The first-order valence-corrected chi connectivity index (χ1v) is 11.9. The highest BCUT2D eigenvalue weighted by atomic mass is 19.1. The Kier molecular flexibility index (Phi) is 6.77. The van der Waals surface area contributed by atoms with Gasteiger partial charge >= 0.3 is 5.97 Å². The van der Waals surface area contributed by atoms with E-state index in [1.54, 1.807) is 0 Å². The molecule has 2 atom stereocenters. The van der Waals surface area contributed by atoms with Crippen LogP contribution >= 0.6 is 0 Å². The van der Waals surface area contributed by atoms with Crippen LogP contribution in [0.3, 0.4) is 0 Å². The number of benzene rings is 4. The van der Waals surface area contributed by atoms with Crippen molar-refractivity contribution in [1.82, 2.24) is 5.32 Å². The lowest BCUT2D eigenvalue weighted by molar-refractivity contribution is 0.0595. The van der Waals surface area contributed by atoms with Crippen LogP contribution in [-0.4, -0.2) is 32.3 Å². The summed E-state index contributed by atoms with van der Waals surface area (Å²) in [7, 11) is 1.25. The average Bonchev–Trinajstić information content (AvgIpc) is 2.90. The van der Waals surface area contributed by atoms with Gasteiger partial charge in [0.25, 0.3) is 0 Å². The van der Waals surface area contributed by atoms with Crippen LogP contribution in [0.2, 0.25) is 0 Å². The summed E-state index contributed by atoms with van der Waals surface area (Å²) >= 11 is 0. The number of para-hydroxylation sites is 1. The molecule has 0 spiro atoms. The van der Waals surface area contributed by atoms with Gasteiger partial charge in [-0.3, -0.25) is 0 Å². The lowest BCUT2D eigenvalue weighted by atomic mass is 9.83. The van der Waals surface area contributed by atoms with Gasteiger partial charge in [0.1, 0.15) is 17.7 Å². The first kappa shape index (κ1) is 23.1. The largest absolute Gasteiger partial charge is 0.489 e. The lowest BCUT2D eigenvalue weighted by Gasteiger charge is -2.33. The fraction of sp³-hybridized carbons (Fsp3) is 0.233. The van der Waals surface area contributed by atoms with Gasteiger partial charge in [-0.1, -0.05) is 66.7 Å². The average molecular weight is 470 g/mol. The zero-order chi connectivity index (χ0) is 24.2. The molecule has 5 rings (SSSR count). The van der Waals surface area contributed by atoms with Crippen molar-refractivity contribution in [2.75, 3.05) is 20.2 Å². The van der Waals surface area contributed by atoms with Crippen molar-refractivity contribution < 1.29 is 18.7 Å². The van der Waals surface area contributed by atoms with Crippen LogP contribution in [0.4, 0.5) is 4.39 Å². The third-order valence-electron chi connectivity index (χ3n) is 6.71. The molecule has 2 unspecified atom stereocenters. The maximum atomic E-state index is 14.7. The summed E-state index contributed by atoms with van der Waals surface area (Å²) in [4.78, 5) is 11.8. The van der Waals surface area contributed by atoms with Gasteiger partial charge in [0.05, 0.1) is 12.7 Å². The van der Waals surface area contributed by atoms with Crippen LogP contribution in [0.5, 0.6) is 5.75 Å². The van der Waals surface area contributed by atoms with E-state index in [9.17, 15) is 9.18 Å². The first-order chi connectivity index (χ1) is 17.1. The second-order valence-corrected chi connectivity index (χ2v) is 8.89. The molecule has 1 heterocycles. The van der Waals surface area contributed by atoms with Crippen molar-refractivity contribution in [2.24, 2.45) is 0 Å². The summed E-state index contributed by atoms with van der Waals surface area (Å²) in [5.74, 6) is -0.439. The Morgan fingerprint density at radius 1 is 1.03 bits per heavy atom. The van der Waals surface area contributed by atoms with Crippen LogP contribution in [-0.2, 0) is 11.2 Å². The van der Waals surface area contributed by atoms with E-state index in [1.165, 1.54) is 35.6 Å². The van der Waals surface area contributed by atoms with E-state index in [1.807, 2.05) is 30.3 Å². The molecule has 178 valence electrons. The number of hydrogen-bond donors (Lipinski definition) is 1. The van der Waals surface area contributed by atoms with E-state index in [2.05, 4.69) is 52.5 Å². The Morgan fingerprint density at radius 2 is 1.83 bits per heavy atom. The van der Waals surface area contributed by atoms with Crippen molar-refractivity contribution in [3.8, 4) is 5.75 Å². The van der Waals surface area contributed by atoms with E-state index >= 15 is 0 Å². The van der Waals surface area contributed by atoms with Gasteiger partial charge in [0.2, 0.25) is 0 Å². The Bertz CT molecular complexity index is 1350. The van der Waals surface area contributed by atoms with Crippen LogP contribution in [0.15, 0.2) is 84.9 Å². The standard InChI is InChI=1S/C30H28FNO3/c1-34-30(33)26-14-13-22(17-28(26)31)27-18-23(35-29-12-5-4-11-25(27)29)19-32-16-15-21-9-6-8-20-7-2-3-10-24(20)21/h2-14,17,23,27,32H,15-16,18-19H2,1H3. The van der Waals surface area contributed by atoms with Crippen molar-refractivity contribution in [3.63, 3.8) is 0 Å². The molecule has 1 N–H and O–H groups in total. The molecule has 0 saturated heterocycles. The molecule has 4 aromatic rings. The summed E-state index contributed by atoms with van der Waals surface area (Å²) in [6.07, 6.45) is 1.59. The van der Waals surface area contributed by atoms with Gasteiger partial charge < -0.3 is 14.8 Å². The van der Waals surface area contributed by atoms with Crippen molar-refractivity contribution in [1.29, 1.82) is 0 Å². The van der Waals surface area contributed by atoms with Gasteiger partial charge in [-0.25, -0.2) is 9.18 Å². The molecule has 35 heavy (non-hydrogen) atoms. The normalized spacial score (nSPS) is 17.0. The number of methoxy groups -OCH3 is 1. The van der Waals surface area contributed by atoms with Crippen molar-refractivity contribution in [2.45, 2.75) is 24.9 Å². The molecular formula is C30H28FNO3. The summed E-state index contributed by atoms with van der Waals surface area (Å²) in [6, 6.07) is 27.5. The summed E-state index contributed by atoms with van der Waals surface area (Å²) < 4.78 is 25.7. The SMILES string of the molecule is COC(=O)c1ccc(C2CC(CNCCc3cccc4ccccc34)Oc3ccccc32)cc1F. The number of fused-ring (bicyclic) bond motifs is 2. The molecule has 0 aromatic heterocycles. The molecule has 0 radical (unpaired) electrons. The number of ether oxygens (including phenoxy) is 2. The number of nitrogens with one attached hydrogen (secondary N) is 1. The first-order valence-electron chi connectivity index (χ1n) is 11.9. The molecular weight excluding hydrogens is 441 g/mol. The smallest absolute Gasteiger partial charge is 0.340 e. The Morgan fingerprint density at radius 3 is 2.69 bits per heavy atom. The minimum absolute atomic E-state index is 0.0222. The third kappa shape index (κ3) is 4.91. The minimum Gasteiger partial charge on any atom is -0.489 e.